The van der Waals surface area contributed by atoms with Gasteiger partial charge in [0.05, 0.1) is 39.0 Å². The van der Waals surface area contributed by atoms with Crippen molar-refractivity contribution in [2.24, 2.45) is 0 Å². The number of hydrogen-bond donors (Lipinski definition) is 0. The Balaban J connectivity index is 1.46. The molecule has 10 rings (SSSR count). The lowest BCUT2D eigenvalue weighted by atomic mass is 9.95. The molecule has 3 nitrogen and oxygen atoms in total. The van der Waals surface area contributed by atoms with Gasteiger partial charge in [0.15, 0.2) is 0 Å². The average molecular weight is 546 g/mol. The fourth-order valence-electron chi connectivity index (χ4n) is 7.24. The molecule has 0 radical (unpaired) electrons. The molecule has 0 saturated carbocycles. The summed E-state index contributed by atoms with van der Waals surface area (Å²) in [5.74, 6) is 0. The van der Waals surface area contributed by atoms with Crippen molar-refractivity contribution in [3.05, 3.63) is 140 Å². The van der Waals surface area contributed by atoms with Crippen molar-refractivity contribution in [1.29, 1.82) is 0 Å². The number of pyridine rings is 1. The molecule has 0 unspecified atom stereocenters. The van der Waals surface area contributed by atoms with Gasteiger partial charge in [0, 0.05) is 32.7 Å². The van der Waals surface area contributed by atoms with Crippen LogP contribution in [0.2, 0.25) is 0 Å². The highest BCUT2D eigenvalue weighted by molar-refractivity contribution is 6.31. The van der Waals surface area contributed by atoms with Gasteiger partial charge in [0.25, 0.3) is 0 Å². The van der Waals surface area contributed by atoms with Crippen LogP contribution in [0.3, 0.4) is 0 Å². The van der Waals surface area contributed by atoms with Gasteiger partial charge in [-0.2, -0.15) is 0 Å². The molecule has 0 aliphatic heterocycles. The van der Waals surface area contributed by atoms with Crippen molar-refractivity contribution in [2.45, 2.75) is 0 Å². The zero-order chi connectivity index (χ0) is 28.1. The maximum atomic E-state index is 5.30. The second-order valence-electron chi connectivity index (χ2n) is 11.4. The Bertz CT molecular complexity index is 2710. The molecule has 0 atom stereocenters. The fraction of sp³-hybridized carbons (Fsp3) is 0. The number of fused-ring (bicyclic) bond motifs is 8. The first-order valence-corrected chi connectivity index (χ1v) is 14.7. The average Bonchev–Trinajstić information content (AvgIpc) is 3.42. The SMILES string of the molecule is c1ccc(-c2nc3ccccc3nc2-c2cc3c4cccc5cccc(c54)n4c5ccc6ccccc6c5c(c2)c34)cc1. The second-order valence-corrected chi connectivity index (χ2v) is 11.4. The van der Waals surface area contributed by atoms with Crippen LogP contribution in [0.15, 0.2) is 140 Å². The summed E-state index contributed by atoms with van der Waals surface area (Å²) >= 11 is 0. The van der Waals surface area contributed by atoms with Gasteiger partial charge >= 0.3 is 0 Å². The first-order chi connectivity index (χ1) is 21.3. The maximum Gasteiger partial charge on any atom is 0.0973 e. The molecule has 10 aromatic rings. The van der Waals surface area contributed by atoms with Gasteiger partial charge in [-0.1, -0.05) is 103 Å². The first-order valence-electron chi connectivity index (χ1n) is 14.7. The van der Waals surface area contributed by atoms with Crippen LogP contribution in [-0.2, 0) is 0 Å². The van der Waals surface area contributed by atoms with Gasteiger partial charge < -0.3 is 4.40 Å². The molecule has 0 aliphatic carbocycles. The number of aromatic nitrogens is 3. The van der Waals surface area contributed by atoms with Crippen LogP contribution in [0.4, 0.5) is 0 Å². The minimum Gasteiger partial charge on any atom is -0.308 e. The Morgan fingerprint density at radius 3 is 1.86 bits per heavy atom. The summed E-state index contributed by atoms with van der Waals surface area (Å²) in [5, 5.41) is 10.0. The molecule has 3 heteroatoms. The Hall–Kier alpha value is -5.80. The van der Waals surface area contributed by atoms with Gasteiger partial charge in [-0.15, -0.1) is 0 Å². The molecule has 0 saturated heterocycles. The minimum absolute atomic E-state index is 0.895. The van der Waals surface area contributed by atoms with E-state index in [4.69, 9.17) is 9.97 Å². The predicted molar refractivity (Wildman–Crippen MR) is 180 cm³/mol. The Morgan fingerprint density at radius 2 is 1.02 bits per heavy atom. The summed E-state index contributed by atoms with van der Waals surface area (Å²) in [4.78, 5) is 10.5. The van der Waals surface area contributed by atoms with Gasteiger partial charge in [-0.3, -0.25) is 0 Å². The standard InChI is InChI=1S/C40H23N3/c1-2-11-26(12-3-1)38-39(42-33-18-7-6-17-32(33)41-38)27-22-30-29-16-8-13-25-14-9-19-34(36(25)29)43-35-21-20-24-10-4-5-15-28(24)37(35)31(23-27)40(30)43/h1-23H. The van der Waals surface area contributed by atoms with Crippen molar-refractivity contribution in [2.75, 3.05) is 0 Å². The molecule has 0 spiro atoms. The van der Waals surface area contributed by atoms with Crippen molar-refractivity contribution in [3.8, 4) is 22.5 Å². The lowest BCUT2D eigenvalue weighted by Crippen LogP contribution is -1.96. The molecule has 0 bridgehead atoms. The molecule has 43 heavy (non-hydrogen) atoms. The highest BCUT2D eigenvalue weighted by Gasteiger charge is 2.22. The predicted octanol–water partition coefficient (Wildman–Crippen LogP) is 10.4. The highest BCUT2D eigenvalue weighted by atomic mass is 14.9. The van der Waals surface area contributed by atoms with E-state index in [0.717, 1.165) is 33.5 Å². The molecule has 7 aromatic carbocycles. The van der Waals surface area contributed by atoms with Crippen molar-refractivity contribution >= 4 is 70.7 Å². The van der Waals surface area contributed by atoms with E-state index in [2.05, 4.69) is 120 Å². The Morgan fingerprint density at radius 1 is 0.395 bits per heavy atom. The van der Waals surface area contributed by atoms with Gasteiger partial charge in [0.1, 0.15) is 0 Å². The monoisotopic (exact) mass is 545 g/mol. The minimum atomic E-state index is 0.895. The number of nitrogens with zero attached hydrogens (tertiary/aromatic N) is 3. The summed E-state index contributed by atoms with van der Waals surface area (Å²) in [5.41, 5.74) is 9.43. The summed E-state index contributed by atoms with van der Waals surface area (Å²) < 4.78 is 2.48. The van der Waals surface area contributed by atoms with Crippen LogP contribution < -0.4 is 0 Å². The van der Waals surface area contributed by atoms with E-state index in [0.29, 0.717) is 0 Å². The van der Waals surface area contributed by atoms with E-state index in [1.54, 1.807) is 0 Å². The van der Waals surface area contributed by atoms with E-state index in [1.165, 1.54) is 59.6 Å². The van der Waals surface area contributed by atoms with Crippen LogP contribution in [-0.4, -0.2) is 14.4 Å². The molecule has 3 heterocycles. The molecule has 0 aliphatic rings. The molecule has 0 amide bonds. The first kappa shape index (κ1) is 22.8. The van der Waals surface area contributed by atoms with E-state index in [1.807, 2.05) is 24.3 Å². The third-order valence-corrected chi connectivity index (χ3v) is 9.06. The normalized spacial score (nSPS) is 12.2. The van der Waals surface area contributed by atoms with E-state index in [-0.39, 0.29) is 0 Å². The fourth-order valence-corrected chi connectivity index (χ4v) is 7.24. The quantitative estimate of drug-likeness (QED) is 0.160. The van der Waals surface area contributed by atoms with Gasteiger partial charge in [-0.05, 0) is 57.9 Å². The topological polar surface area (TPSA) is 30.2 Å². The molecule has 0 N–H and O–H groups in total. The summed E-state index contributed by atoms with van der Waals surface area (Å²) in [7, 11) is 0. The van der Waals surface area contributed by atoms with Crippen molar-refractivity contribution in [1.82, 2.24) is 14.4 Å². The van der Waals surface area contributed by atoms with Gasteiger partial charge in [0.2, 0.25) is 0 Å². The van der Waals surface area contributed by atoms with Crippen molar-refractivity contribution in [3.63, 3.8) is 0 Å². The van der Waals surface area contributed by atoms with Crippen LogP contribution in [0, 0.1) is 0 Å². The lowest BCUT2D eigenvalue weighted by Gasteiger charge is -2.15. The van der Waals surface area contributed by atoms with E-state index < -0.39 is 0 Å². The summed E-state index contributed by atoms with van der Waals surface area (Å²) in [6.45, 7) is 0. The third-order valence-electron chi connectivity index (χ3n) is 9.06. The molecule has 0 fully saturated rings. The van der Waals surface area contributed by atoms with E-state index in [9.17, 15) is 0 Å². The zero-order valence-corrected chi connectivity index (χ0v) is 23.1. The number of rotatable bonds is 2. The Labute approximate surface area is 246 Å². The summed E-state index contributed by atoms with van der Waals surface area (Å²) in [6.07, 6.45) is 0. The molecule has 198 valence electrons. The highest BCUT2D eigenvalue weighted by Crippen LogP contribution is 2.45. The van der Waals surface area contributed by atoms with Crippen LogP contribution in [0.5, 0.6) is 0 Å². The molecule has 3 aromatic heterocycles. The second kappa shape index (κ2) is 8.37. The Kier molecular flexibility index (Phi) is 4.45. The van der Waals surface area contributed by atoms with Gasteiger partial charge in [-0.25, -0.2) is 9.97 Å². The maximum absolute atomic E-state index is 5.30. The van der Waals surface area contributed by atoms with Crippen LogP contribution in [0.25, 0.3) is 93.2 Å². The lowest BCUT2D eigenvalue weighted by molar-refractivity contribution is 1.29. The number of para-hydroxylation sites is 2. The largest absolute Gasteiger partial charge is 0.308 e. The third kappa shape index (κ3) is 3.08. The smallest absolute Gasteiger partial charge is 0.0973 e. The number of hydrogen-bond acceptors (Lipinski definition) is 2. The summed E-state index contributed by atoms with van der Waals surface area (Å²) in [6, 6.07) is 49.9. The number of benzene rings is 7. The zero-order valence-electron chi connectivity index (χ0n) is 23.1. The van der Waals surface area contributed by atoms with E-state index >= 15 is 0 Å². The molecular weight excluding hydrogens is 522 g/mol. The van der Waals surface area contributed by atoms with Crippen LogP contribution >= 0.6 is 0 Å². The van der Waals surface area contributed by atoms with Crippen molar-refractivity contribution < 1.29 is 0 Å². The molecular formula is C40H23N3. The van der Waals surface area contributed by atoms with Crippen LogP contribution in [0.1, 0.15) is 0 Å².